The molecule has 2 aromatic carbocycles. The van der Waals surface area contributed by atoms with Crippen LogP contribution in [0.5, 0.6) is 5.75 Å². The van der Waals surface area contributed by atoms with E-state index in [1.807, 2.05) is 74.9 Å². The lowest BCUT2D eigenvalue weighted by atomic mass is 10.2. The zero-order chi connectivity index (χ0) is 21.0. The largest absolute Gasteiger partial charge is 0.481 e. The Bertz CT molecular complexity index is 1020. The van der Waals surface area contributed by atoms with Gasteiger partial charge in [-0.25, -0.2) is 0 Å². The van der Waals surface area contributed by atoms with Crippen molar-refractivity contribution in [1.82, 2.24) is 14.8 Å². The maximum atomic E-state index is 12.2. The van der Waals surface area contributed by atoms with Crippen molar-refractivity contribution in [2.45, 2.75) is 32.0 Å². The van der Waals surface area contributed by atoms with Crippen molar-refractivity contribution in [3.8, 4) is 5.75 Å². The second kappa shape index (κ2) is 9.33. The van der Waals surface area contributed by atoms with Crippen LogP contribution in [0.25, 0.3) is 0 Å². The highest BCUT2D eigenvalue weighted by molar-refractivity contribution is 7.99. The first-order chi connectivity index (χ1) is 13.8. The third-order valence-corrected chi connectivity index (χ3v) is 5.59. The van der Waals surface area contributed by atoms with Gasteiger partial charge in [0.05, 0.1) is 10.8 Å². The quantitative estimate of drug-likeness (QED) is 0.536. The molecule has 29 heavy (non-hydrogen) atoms. The van der Waals surface area contributed by atoms with E-state index in [1.54, 1.807) is 0 Å². The van der Waals surface area contributed by atoms with Gasteiger partial charge in [0, 0.05) is 12.7 Å². The van der Waals surface area contributed by atoms with Crippen LogP contribution < -0.4 is 10.1 Å². The molecule has 1 atom stereocenters. The summed E-state index contributed by atoms with van der Waals surface area (Å²) in [5.74, 6) is 1.40. The van der Waals surface area contributed by atoms with E-state index in [9.17, 15) is 4.79 Å². The van der Waals surface area contributed by atoms with Crippen LogP contribution in [0.1, 0.15) is 30.0 Å². The minimum absolute atomic E-state index is 0.0963. The van der Waals surface area contributed by atoms with Crippen molar-refractivity contribution in [2.24, 2.45) is 7.05 Å². The number of carbonyl (C=O) groups excluding carboxylic acids is 1. The molecule has 8 heteroatoms. The predicted molar refractivity (Wildman–Crippen MR) is 117 cm³/mol. The van der Waals surface area contributed by atoms with Crippen LogP contribution in [0.4, 0.5) is 5.69 Å². The number of aromatic nitrogens is 3. The number of amides is 1. The Morgan fingerprint density at radius 3 is 2.72 bits per heavy atom. The maximum Gasteiger partial charge on any atom is 0.234 e. The molecule has 1 amide bonds. The normalized spacial score (nSPS) is 11.9. The van der Waals surface area contributed by atoms with Gasteiger partial charge in [-0.15, -0.1) is 10.2 Å². The Morgan fingerprint density at radius 2 is 1.97 bits per heavy atom. The number of carbonyl (C=O) groups is 1. The lowest BCUT2D eigenvalue weighted by Crippen LogP contribution is -2.15. The fourth-order valence-corrected chi connectivity index (χ4v) is 3.68. The maximum absolute atomic E-state index is 12.2. The minimum atomic E-state index is -0.345. The van der Waals surface area contributed by atoms with Crippen LogP contribution in [-0.2, 0) is 11.8 Å². The van der Waals surface area contributed by atoms with Crippen molar-refractivity contribution in [1.29, 1.82) is 0 Å². The van der Waals surface area contributed by atoms with Crippen molar-refractivity contribution in [3.05, 3.63) is 64.4 Å². The molecule has 0 radical (unpaired) electrons. The standard InChI is InChI=1S/C21H23ClN4O2S/c1-13-6-5-7-16(10-13)23-19(27)12-29-21-25-24-20(26(21)4)15(3)28-18-11-14(2)8-9-17(18)22/h5-11,15H,12H2,1-4H3,(H,23,27). The number of rotatable bonds is 7. The van der Waals surface area contributed by atoms with Crippen molar-refractivity contribution in [2.75, 3.05) is 11.1 Å². The van der Waals surface area contributed by atoms with E-state index in [0.717, 1.165) is 16.8 Å². The summed E-state index contributed by atoms with van der Waals surface area (Å²) in [6, 6.07) is 13.3. The number of aryl methyl sites for hydroxylation is 2. The topological polar surface area (TPSA) is 69.0 Å². The van der Waals surface area contributed by atoms with Crippen molar-refractivity contribution >= 4 is 35.0 Å². The molecule has 3 rings (SSSR count). The van der Waals surface area contributed by atoms with Gasteiger partial charge in [-0.05, 0) is 56.2 Å². The van der Waals surface area contributed by atoms with E-state index in [-0.39, 0.29) is 17.8 Å². The highest BCUT2D eigenvalue weighted by atomic mass is 35.5. The first kappa shape index (κ1) is 21.2. The zero-order valence-corrected chi connectivity index (χ0v) is 18.3. The number of thioether (sulfide) groups is 1. The molecule has 0 fully saturated rings. The molecule has 1 aromatic heterocycles. The average molecular weight is 431 g/mol. The summed E-state index contributed by atoms with van der Waals surface area (Å²) < 4.78 is 7.81. The number of nitrogens with one attached hydrogen (secondary N) is 1. The summed E-state index contributed by atoms with van der Waals surface area (Å²) >= 11 is 7.54. The predicted octanol–water partition coefficient (Wildman–Crippen LogP) is 4.96. The summed E-state index contributed by atoms with van der Waals surface area (Å²) in [5.41, 5.74) is 2.94. The molecule has 3 aromatic rings. The van der Waals surface area contributed by atoms with Crippen LogP contribution in [0, 0.1) is 13.8 Å². The number of anilines is 1. The molecule has 0 aliphatic carbocycles. The highest BCUT2D eigenvalue weighted by Gasteiger charge is 2.19. The molecule has 0 saturated heterocycles. The number of hydrogen-bond donors (Lipinski definition) is 1. The van der Waals surface area contributed by atoms with E-state index in [2.05, 4.69) is 15.5 Å². The molecule has 0 aliphatic rings. The Morgan fingerprint density at radius 1 is 1.21 bits per heavy atom. The first-order valence-corrected chi connectivity index (χ1v) is 10.5. The second-order valence-corrected chi connectivity index (χ2v) is 8.15. The number of nitrogens with zero attached hydrogens (tertiary/aromatic N) is 3. The summed E-state index contributed by atoms with van der Waals surface area (Å²) in [7, 11) is 1.85. The van der Waals surface area contributed by atoms with Gasteiger partial charge < -0.3 is 14.6 Å². The molecule has 152 valence electrons. The highest BCUT2D eigenvalue weighted by Crippen LogP contribution is 2.30. The van der Waals surface area contributed by atoms with Gasteiger partial charge in [0.15, 0.2) is 17.1 Å². The van der Waals surface area contributed by atoms with Crippen LogP contribution >= 0.6 is 23.4 Å². The van der Waals surface area contributed by atoms with E-state index >= 15 is 0 Å². The third-order valence-electron chi connectivity index (χ3n) is 4.26. The average Bonchev–Trinajstić information content (AvgIpc) is 3.03. The lowest BCUT2D eigenvalue weighted by molar-refractivity contribution is -0.113. The Hall–Kier alpha value is -2.51. The first-order valence-electron chi connectivity index (χ1n) is 9.15. The fourth-order valence-electron chi connectivity index (χ4n) is 2.80. The van der Waals surface area contributed by atoms with Gasteiger partial charge in [0.2, 0.25) is 5.91 Å². The summed E-state index contributed by atoms with van der Waals surface area (Å²) in [6.45, 7) is 5.85. The molecule has 1 unspecified atom stereocenters. The van der Waals surface area contributed by atoms with Gasteiger partial charge in [-0.3, -0.25) is 4.79 Å². The smallest absolute Gasteiger partial charge is 0.234 e. The van der Waals surface area contributed by atoms with Crippen LogP contribution in [0.2, 0.25) is 5.02 Å². The van der Waals surface area contributed by atoms with Gasteiger partial charge >= 0.3 is 0 Å². The lowest BCUT2D eigenvalue weighted by Gasteiger charge is -2.15. The monoisotopic (exact) mass is 430 g/mol. The molecular weight excluding hydrogens is 408 g/mol. The number of hydrogen-bond acceptors (Lipinski definition) is 5. The van der Waals surface area contributed by atoms with Gasteiger partial charge in [-0.2, -0.15) is 0 Å². The zero-order valence-electron chi connectivity index (χ0n) is 16.8. The second-order valence-electron chi connectivity index (χ2n) is 6.80. The molecule has 1 N–H and O–H groups in total. The van der Waals surface area contributed by atoms with E-state index in [0.29, 0.717) is 21.8 Å². The Balaban J connectivity index is 1.61. The fraction of sp³-hybridized carbons (Fsp3) is 0.286. The van der Waals surface area contributed by atoms with Crippen molar-refractivity contribution in [3.63, 3.8) is 0 Å². The molecule has 1 heterocycles. The van der Waals surface area contributed by atoms with Crippen LogP contribution in [0.15, 0.2) is 47.6 Å². The van der Waals surface area contributed by atoms with E-state index in [4.69, 9.17) is 16.3 Å². The molecule has 6 nitrogen and oxygen atoms in total. The van der Waals surface area contributed by atoms with Crippen molar-refractivity contribution < 1.29 is 9.53 Å². The Kier molecular flexibility index (Phi) is 6.82. The summed E-state index contributed by atoms with van der Waals surface area (Å²) in [4.78, 5) is 12.2. The van der Waals surface area contributed by atoms with E-state index < -0.39 is 0 Å². The third kappa shape index (κ3) is 5.52. The molecule has 0 saturated carbocycles. The molecule has 0 bridgehead atoms. The minimum Gasteiger partial charge on any atom is -0.481 e. The summed E-state index contributed by atoms with van der Waals surface area (Å²) in [6.07, 6.45) is -0.345. The molecular formula is C21H23ClN4O2S. The van der Waals surface area contributed by atoms with Gasteiger partial charge in [0.25, 0.3) is 0 Å². The summed E-state index contributed by atoms with van der Waals surface area (Å²) in [5, 5.41) is 12.5. The Labute approximate surface area is 179 Å². The number of ether oxygens (including phenoxy) is 1. The van der Waals surface area contributed by atoms with E-state index in [1.165, 1.54) is 11.8 Å². The van der Waals surface area contributed by atoms with Crippen LogP contribution in [-0.4, -0.2) is 26.4 Å². The van der Waals surface area contributed by atoms with Gasteiger partial charge in [0.1, 0.15) is 5.75 Å². The van der Waals surface area contributed by atoms with Crippen LogP contribution in [0.3, 0.4) is 0 Å². The number of benzene rings is 2. The van der Waals surface area contributed by atoms with Gasteiger partial charge in [-0.1, -0.05) is 41.6 Å². The molecule has 0 aliphatic heterocycles. The SMILES string of the molecule is Cc1cccc(NC(=O)CSc2nnc(C(C)Oc3cc(C)ccc3Cl)n2C)c1. The number of halogens is 1. The molecule has 0 spiro atoms.